The molecule has 3 nitrogen and oxygen atoms in total. The molecule has 0 saturated heterocycles. The van der Waals surface area contributed by atoms with E-state index in [0.717, 1.165) is 33.3 Å². The standard InChI is InChI=1S/C55H33N3/c1-2-15-37-36(14-1)40-18-7-9-23-47(40)55(48-24-10-8-21-45(48)52-42-19-5-3-16-38(42)39-17-4-6-20-43(39)53(52)55)49-33-35(26-28-41(37)49)34-27-29-50-46(32-34)44-22-13-31-57-54(44)58(50)51-25-11-12-30-56-51/h1-33H. The topological polar surface area (TPSA) is 30.7 Å². The van der Waals surface area contributed by atoms with Gasteiger partial charge in [0.2, 0.25) is 0 Å². The minimum Gasteiger partial charge on any atom is -0.278 e. The molecule has 3 heteroatoms. The second kappa shape index (κ2) is 11.7. The van der Waals surface area contributed by atoms with Crippen LogP contribution in [0.5, 0.6) is 0 Å². The van der Waals surface area contributed by atoms with Gasteiger partial charge in [-0.15, -0.1) is 0 Å². The molecule has 8 aromatic carbocycles. The fourth-order valence-electron chi connectivity index (χ4n) is 10.7. The third kappa shape index (κ3) is 4.02. The average molecular weight is 736 g/mol. The zero-order valence-electron chi connectivity index (χ0n) is 31.4. The van der Waals surface area contributed by atoms with Crippen LogP contribution < -0.4 is 0 Å². The number of rotatable bonds is 2. The van der Waals surface area contributed by atoms with Gasteiger partial charge in [-0.3, -0.25) is 4.57 Å². The van der Waals surface area contributed by atoms with Crippen molar-refractivity contribution in [2.75, 3.05) is 0 Å². The van der Waals surface area contributed by atoms with Crippen molar-refractivity contribution in [3.63, 3.8) is 0 Å². The van der Waals surface area contributed by atoms with Gasteiger partial charge in [0.25, 0.3) is 0 Å². The molecule has 1 unspecified atom stereocenters. The number of pyridine rings is 2. The number of fused-ring (bicyclic) bond motifs is 20. The Hall–Kier alpha value is -7.62. The van der Waals surface area contributed by atoms with E-state index in [1.165, 1.54) is 82.7 Å². The van der Waals surface area contributed by atoms with E-state index in [4.69, 9.17) is 9.97 Å². The summed E-state index contributed by atoms with van der Waals surface area (Å²) in [5, 5.41) is 7.41. The largest absolute Gasteiger partial charge is 0.278 e. The number of hydrogen-bond acceptors (Lipinski definition) is 2. The Labute approximate surface area is 335 Å². The van der Waals surface area contributed by atoms with Crippen LogP contribution in [0.3, 0.4) is 0 Å². The first-order chi connectivity index (χ1) is 28.8. The number of hydrogen-bond donors (Lipinski definition) is 0. The average Bonchev–Trinajstić information content (AvgIpc) is 3.77. The van der Waals surface area contributed by atoms with E-state index < -0.39 is 5.41 Å². The van der Waals surface area contributed by atoms with Crippen LogP contribution in [-0.4, -0.2) is 14.5 Å². The Morgan fingerprint density at radius 3 is 1.71 bits per heavy atom. The van der Waals surface area contributed by atoms with Crippen molar-refractivity contribution >= 4 is 43.5 Å². The lowest BCUT2D eigenvalue weighted by atomic mass is 9.64. The molecule has 0 bridgehead atoms. The summed E-state index contributed by atoms with van der Waals surface area (Å²) >= 11 is 0. The Morgan fingerprint density at radius 2 is 0.931 bits per heavy atom. The maximum atomic E-state index is 4.87. The second-order valence-corrected chi connectivity index (χ2v) is 15.6. The summed E-state index contributed by atoms with van der Waals surface area (Å²) in [5.41, 5.74) is 16.7. The van der Waals surface area contributed by atoms with Gasteiger partial charge in [-0.2, -0.15) is 0 Å². The molecule has 0 radical (unpaired) electrons. The third-order valence-corrected chi connectivity index (χ3v) is 12.9. The van der Waals surface area contributed by atoms with Crippen molar-refractivity contribution in [2.45, 2.75) is 5.41 Å². The van der Waals surface area contributed by atoms with Crippen LogP contribution in [0.2, 0.25) is 0 Å². The molecule has 0 fully saturated rings. The lowest BCUT2D eigenvalue weighted by Crippen LogP contribution is -2.29. The summed E-state index contributed by atoms with van der Waals surface area (Å²) in [4.78, 5) is 9.61. The highest BCUT2D eigenvalue weighted by atomic mass is 15.1. The fourth-order valence-corrected chi connectivity index (χ4v) is 10.7. The van der Waals surface area contributed by atoms with Crippen molar-refractivity contribution in [1.29, 1.82) is 0 Å². The van der Waals surface area contributed by atoms with Crippen LogP contribution in [-0.2, 0) is 5.41 Å². The zero-order chi connectivity index (χ0) is 38.0. The normalized spacial score (nSPS) is 15.0. The maximum absolute atomic E-state index is 4.87. The zero-order valence-corrected chi connectivity index (χ0v) is 31.4. The minimum absolute atomic E-state index is 0.625. The summed E-state index contributed by atoms with van der Waals surface area (Å²) in [6, 6.07) is 69.8. The smallest absolute Gasteiger partial charge is 0.146 e. The Morgan fingerprint density at radius 1 is 0.362 bits per heavy atom. The summed E-state index contributed by atoms with van der Waals surface area (Å²) < 4.78 is 2.18. The van der Waals surface area contributed by atoms with E-state index in [9.17, 15) is 0 Å². The van der Waals surface area contributed by atoms with Crippen LogP contribution >= 0.6 is 0 Å². The quantitative estimate of drug-likeness (QED) is 0.166. The molecular formula is C55H33N3. The molecule has 0 amide bonds. The minimum atomic E-state index is -0.625. The van der Waals surface area contributed by atoms with Crippen LogP contribution in [0.15, 0.2) is 200 Å². The molecule has 1 atom stereocenters. The van der Waals surface area contributed by atoms with E-state index in [-0.39, 0.29) is 0 Å². The van der Waals surface area contributed by atoms with Crippen molar-refractivity contribution in [2.24, 2.45) is 0 Å². The first-order valence-corrected chi connectivity index (χ1v) is 20.0. The van der Waals surface area contributed by atoms with Crippen molar-refractivity contribution in [1.82, 2.24) is 14.5 Å². The van der Waals surface area contributed by atoms with Gasteiger partial charge in [-0.1, -0.05) is 146 Å². The first kappa shape index (κ1) is 31.6. The van der Waals surface area contributed by atoms with Gasteiger partial charge in [0.15, 0.2) is 0 Å². The van der Waals surface area contributed by atoms with E-state index in [1.54, 1.807) is 0 Å². The number of benzene rings is 8. The van der Waals surface area contributed by atoms with Gasteiger partial charge >= 0.3 is 0 Å². The van der Waals surface area contributed by atoms with Crippen molar-refractivity contribution in [3.8, 4) is 50.3 Å². The summed E-state index contributed by atoms with van der Waals surface area (Å²) in [7, 11) is 0. The number of aromatic nitrogens is 3. The molecule has 1 spiro atoms. The van der Waals surface area contributed by atoms with Crippen molar-refractivity contribution < 1.29 is 0 Å². The third-order valence-electron chi connectivity index (χ3n) is 12.9. The predicted molar refractivity (Wildman–Crippen MR) is 239 cm³/mol. The van der Waals surface area contributed by atoms with Crippen LogP contribution in [0.4, 0.5) is 0 Å². The molecule has 268 valence electrons. The SMILES string of the molecule is c1ccc(-n2c3ccc(-c4ccc5c(c4)C4(c6ccccc6-c6ccccc6-5)c5ccccc5-c5c4c4ccccc4c4ccccc54)cc3c3cccnc32)nc1. The van der Waals surface area contributed by atoms with E-state index in [2.05, 4.69) is 168 Å². The summed E-state index contributed by atoms with van der Waals surface area (Å²) in [5.74, 6) is 0.858. The lowest BCUT2D eigenvalue weighted by molar-refractivity contribution is 0.783. The predicted octanol–water partition coefficient (Wildman–Crippen LogP) is 13.6. The van der Waals surface area contributed by atoms with E-state index in [0.29, 0.717) is 0 Å². The monoisotopic (exact) mass is 735 g/mol. The van der Waals surface area contributed by atoms with E-state index in [1.807, 2.05) is 36.7 Å². The molecule has 3 heterocycles. The Balaban J connectivity index is 1.18. The summed E-state index contributed by atoms with van der Waals surface area (Å²) in [6.07, 6.45) is 3.71. The van der Waals surface area contributed by atoms with Gasteiger partial charge in [0.1, 0.15) is 11.5 Å². The highest BCUT2D eigenvalue weighted by Gasteiger charge is 2.51. The highest BCUT2D eigenvalue weighted by Crippen LogP contribution is 2.64. The molecule has 2 aliphatic carbocycles. The van der Waals surface area contributed by atoms with Crippen LogP contribution in [0.1, 0.15) is 22.3 Å². The van der Waals surface area contributed by atoms with Gasteiger partial charge in [-0.25, -0.2) is 9.97 Å². The Kier molecular flexibility index (Phi) is 6.37. The molecule has 3 aromatic heterocycles. The first-order valence-electron chi connectivity index (χ1n) is 20.0. The van der Waals surface area contributed by atoms with Crippen LogP contribution in [0.25, 0.3) is 93.8 Å². The van der Waals surface area contributed by atoms with Crippen molar-refractivity contribution in [3.05, 3.63) is 223 Å². The molecule has 11 aromatic rings. The molecular weight excluding hydrogens is 703 g/mol. The van der Waals surface area contributed by atoms with Gasteiger partial charge in [0.05, 0.1) is 10.9 Å². The Bertz CT molecular complexity index is 3520. The highest BCUT2D eigenvalue weighted by molar-refractivity contribution is 6.20. The fraction of sp³-hybridized carbons (Fsp3) is 0.0182. The van der Waals surface area contributed by atoms with Gasteiger partial charge in [-0.05, 0) is 131 Å². The number of nitrogens with zero attached hydrogens (tertiary/aromatic N) is 3. The van der Waals surface area contributed by atoms with E-state index >= 15 is 0 Å². The molecule has 2 aliphatic rings. The van der Waals surface area contributed by atoms with Gasteiger partial charge in [0, 0.05) is 23.2 Å². The maximum Gasteiger partial charge on any atom is 0.146 e. The molecule has 13 rings (SSSR count). The lowest BCUT2D eigenvalue weighted by Gasteiger charge is -2.36. The van der Waals surface area contributed by atoms with Gasteiger partial charge < -0.3 is 0 Å². The molecule has 0 N–H and O–H groups in total. The molecule has 58 heavy (non-hydrogen) atoms. The van der Waals surface area contributed by atoms with Crippen LogP contribution in [0, 0.1) is 0 Å². The molecule has 0 aliphatic heterocycles. The molecule has 0 saturated carbocycles. The summed E-state index contributed by atoms with van der Waals surface area (Å²) in [6.45, 7) is 0. The second-order valence-electron chi connectivity index (χ2n) is 15.6.